The third-order valence-corrected chi connectivity index (χ3v) is 5.61. The molecule has 0 fully saturated rings. The predicted octanol–water partition coefficient (Wildman–Crippen LogP) is 2.45. The van der Waals surface area contributed by atoms with Gasteiger partial charge in [0.2, 0.25) is 5.91 Å². The zero-order valence-electron chi connectivity index (χ0n) is 18.5. The first kappa shape index (κ1) is 25.2. The second kappa shape index (κ2) is 11.1. The molecule has 3 rings (SSSR count). The lowest BCUT2D eigenvalue weighted by Gasteiger charge is -2.28. The molecule has 1 aliphatic rings. The van der Waals surface area contributed by atoms with Crippen molar-refractivity contribution in [2.75, 3.05) is 6.61 Å². The summed E-state index contributed by atoms with van der Waals surface area (Å²) in [4.78, 5) is 58.6. The molecule has 0 saturated carbocycles. The predicted molar refractivity (Wildman–Crippen MR) is 120 cm³/mol. The number of hydrogen-bond donors (Lipinski definition) is 4. The van der Waals surface area contributed by atoms with Gasteiger partial charge in [0.25, 0.3) is 0 Å². The molecule has 2 aromatic rings. The van der Waals surface area contributed by atoms with E-state index in [-0.39, 0.29) is 12.5 Å². The lowest BCUT2D eigenvalue weighted by molar-refractivity contribution is -0.154. The van der Waals surface area contributed by atoms with Crippen molar-refractivity contribution in [2.45, 2.75) is 37.6 Å². The van der Waals surface area contributed by atoms with Crippen molar-refractivity contribution in [1.82, 2.24) is 10.4 Å². The maximum Gasteiger partial charge on any atom is 0.426 e. The van der Waals surface area contributed by atoms with Crippen LogP contribution in [0.4, 0.5) is 4.79 Å². The van der Waals surface area contributed by atoms with Crippen molar-refractivity contribution < 1.29 is 44.0 Å². The Morgan fingerprint density at radius 3 is 1.89 bits per heavy atom. The molecule has 1 aliphatic carbocycles. The molecule has 2 amide bonds. The van der Waals surface area contributed by atoms with E-state index >= 15 is 0 Å². The van der Waals surface area contributed by atoms with Gasteiger partial charge in [0.1, 0.15) is 6.61 Å². The number of ether oxygens (including phenoxy) is 1. The van der Waals surface area contributed by atoms with Crippen molar-refractivity contribution in [3.8, 4) is 11.1 Å². The average Bonchev–Trinajstić information content (AvgIpc) is 3.14. The molecule has 0 heterocycles. The standard InChI is InChI=1S/C24H24N2O9/c27-20(10-12-22(30)31)26(19(23(32)33)9-11-21(28)29)25-24(34)35-13-18-16-7-3-1-5-14(16)15-6-2-4-8-17(15)18/h1-8,18-19H,9-13H2,(H,25,34)(H,28,29)(H,30,31)(H,32,33). The van der Waals surface area contributed by atoms with Crippen LogP contribution in [0, 0.1) is 0 Å². The Kier molecular flexibility index (Phi) is 8.03. The maximum absolute atomic E-state index is 12.6. The Hall–Kier alpha value is -4.41. The van der Waals surface area contributed by atoms with Crippen LogP contribution in [0.2, 0.25) is 0 Å². The molecular weight excluding hydrogens is 460 g/mol. The summed E-state index contributed by atoms with van der Waals surface area (Å²) in [5.74, 6) is -5.44. The highest BCUT2D eigenvalue weighted by atomic mass is 16.6. The van der Waals surface area contributed by atoms with Crippen molar-refractivity contribution in [3.63, 3.8) is 0 Å². The third kappa shape index (κ3) is 6.14. The summed E-state index contributed by atoms with van der Waals surface area (Å²) in [6.45, 7) is -0.107. The van der Waals surface area contributed by atoms with E-state index in [4.69, 9.17) is 14.9 Å². The van der Waals surface area contributed by atoms with Crippen LogP contribution in [-0.4, -0.2) is 62.9 Å². The lowest BCUT2D eigenvalue weighted by atomic mass is 9.98. The number of carbonyl (C=O) groups is 5. The molecule has 0 aromatic heterocycles. The second-order valence-electron chi connectivity index (χ2n) is 7.88. The molecule has 1 atom stereocenters. The SMILES string of the molecule is O=C(O)CCC(=O)N(NC(=O)OCC1c2ccccc2-c2ccccc21)C(CCC(=O)O)C(=O)O. The minimum absolute atomic E-state index is 0.107. The van der Waals surface area contributed by atoms with Crippen LogP contribution in [0.5, 0.6) is 0 Å². The van der Waals surface area contributed by atoms with Crippen LogP contribution in [0.25, 0.3) is 11.1 Å². The highest BCUT2D eigenvalue weighted by molar-refractivity contribution is 5.87. The largest absolute Gasteiger partial charge is 0.481 e. The molecular formula is C24H24N2O9. The maximum atomic E-state index is 12.6. The monoisotopic (exact) mass is 484 g/mol. The van der Waals surface area contributed by atoms with Crippen LogP contribution in [0.15, 0.2) is 48.5 Å². The van der Waals surface area contributed by atoms with Gasteiger partial charge in [0.05, 0.1) is 6.42 Å². The third-order valence-electron chi connectivity index (χ3n) is 5.61. The number of hydrazine groups is 1. The number of amides is 2. The zero-order valence-corrected chi connectivity index (χ0v) is 18.5. The Balaban J connectivity index is 1.74. The summed E-state index contributed by atoms with van der Waals surface area (Å²) in [6, 6.07) is 13.5. The van der Waals surface area contributed by atoms with Crippen LogP contribution in [0.1, 0.15) is 42.7 Å². The average molecular weight is 484 g/mol. The number of nitrogens with one attached hydrogen (secondary N) is 1. The fraction of sp³-hybridized carbons (Fsp3) is 0.292. The molecule has 4 N–H and O–H groups in total. The Labute approximate surface area is 199 Å². The molecule has 2 aromatic carbocycles. The molecule has 35 heavy (non-hydrogen) atoms. The van der Waals surface area contributed by atoms with E-state index < -0.39 is 61.6 Å². The fourth-order valence-electron chi connectivity index (χ4n) is 4.00. The van der Waals surface area contributed by atoms with Gasteiger partial charge < -0.3 is 20.1 Å². The van der Waals surface area contributed by atoms with Crippen LogP contribution in [0.3, 0.4) is 0 Å². The van der Waals surface area contributed by atoms with E-state index in [1.54, 1.807) is 0 Å². The first-order valence-corrected chi connectivity index (χ1v) is 10.8. The number of carboxylic acids is 3. The second-order valence-corrected chi connectivity index (χ2v) is 7.88. The molecule has 11 heteroatoms. The molecule has 0 aliphatic heterocycles. The van der Waals surface area contributed by atoms with Gasteiger partial charge in [-0.05, 0) is 28.7 Å². The molecule has 0 saturated heterocycles. The number of aliphatic carboxylic acids is 3. The van der Waals surface area contributed by atoms with Gasteiger partial charge in [0, 0.05) is 18.8 Å². The van der Waals surface area contributed by atoms with Crippen molar-refractivity contribution in [2.24, 2.45) is 0 Å². The number of benzene rings is 2. The quantitative estimate of drug-likeness (QED) is 0.370. The van der Waals surface area contributed by atoms with Crippen molar-refractivity contribution in [3.05, 3.63) is 59.7 Å². The summed E-state index contributed by atoms with van der Waals surface area (Å²) < 4.78 is 5.33. The summed E-state index contributed by atoms with van der Waals surface area (Å²) in [5, 5.41) is 27.7. The van der Waals surface area contributed by atoms with Gasteiger partial charge >= 0.3 is 24.0 Å². The number of carboxylic acid groups (broad SMARTS) is 3. The van der Waals surface area contributed by atoms with Crippen LogP contribution >= 0.6 is 0 Å². The van der Waals surface area contributed by atoms with Gasteiger partial charge in [-0.2, -0.15) is 0 Å². The van der Waals surface area contributed by atoms with Gasteiger partial charge in [-0.15, -0.1) is 0 Å². The molecule has 0 spiro atoms. The smallest absolute Gasteiger partial charge is 0.426 e. The Morgan fingerprint density at radius 2 is 1.37 bits per heavy atom. The summed E-state index contributed by atoms with van der Waals surface area (Å²) in [6.07, 6.45) is -3.43. The lowest BCUT2D eigenvalue weighted by Crippen LogP contribution is -2.55. The number of carbonyl (C=O) groups excluding carboxylic acids is 2. The summed E-state index contributed by atoms with van der Waals surface area (Å²) in [7, 11) is 0. The normalized spacial score (nSPS) is 12.7. The molecule has 0 radical (unpaired) electrons. The number of nitrogens with zero attached hydrogens (tertiary/aromatic N) is 1. The van der Waals surface area contributed by atoms with Crippen molar-refractivity contribution >= 4 is 29.9 Å². The fourth-order valence-corrected chi connectivity index (χ4v) is 4.00. The van der Waals surface area contributed by atoms with E-state index in [2.05, 4.69) is 5.43 Å². The first-order chi connectivity index (χ1) is 16.7. The number of rotatable bonds is 10. The van der Waals surface area contributed by atoms with E-state index in [0.29, 0.717) is 5.01 Å². The van der Waals surface area contributed by atoms with Gasteiger partial charge in [-0.3, -0.25) is 14.4 Å². The molecule has 11 nitrogen and oxygen atoms in total. The highest BCUT2D eigenvalue weighted by Gasteiger charge is 2.33. The Morgan fingerprint density at radius 1 is 0.829 bits per heavy atom. The molecule has 1 unspecified atom stereocenters. The molecule has 184 valence electrons. The van der Waals surface area contributed by atoms with Gasteiger partial charge in [-0.25, -0.2) is 20.0 Å². The highest BCUT2D eigenvalue weighted by Crippen LogP contribution is 2.44. The van der Waals surface area contributed by atoms with E-state index in [1.807, 2.05) is 48.5 Å². The minimum Gasteiger partial charge on any atom is -0.481 e. The van der Waals surface area contributed by atoms with Crippen LogP contribution in [-0.2, 0) is 23.9 Å². The summed E-state index contributed by atoms with van der Waals surface area (Å²) in [5.41, 5.74) is 5.97. The van der Waals surface area contributed by atoms with E-state index in [1.165, 1.54) is 0 Å². The van der Waals surface area contributed by atoms with Gasteiger partial charge in [0.15, 0.2) is 6.04 Å². The summed E-state index contributed by atoms with van der Waals surface area (Å²) >= 11 is 0. The van der Waals surface area contributed by atoms with Crippen LogP contribution < -0.4 is 5.43 Å². The molecule has 0 bridgehead atoms. The zero-order chi connectivity index (χ0) is 25.5. The van der Waals surface area contributed by atoms with E-state index in [9.17, 15) is 29.1 Å². The first-order valence-electron chi connectivity index (χ1n) is 10.8. The number of fused-ring (bicyclic) bond motifs is 3. The minimum atomic E-state index is -1.73. The topological polar surface area (TPSA) is 171 Å². The van der Waals surface area contributed by atoms with E-state index in [0.717, 1.165) is 22.3 Å². The van der Waals surface area contributed by atoms with Crippen molar-refractivity contribution in [1.29, 1.82) is 0 Å². The van der Waals surface area contributed by atoms with Gasteiger partial charge in [-0.1, -0.05) is 48.5 Å². The number of hydrogen-bond acceptors (Lipinski definition) is 6. The Bertz CT molecular complexity index is 1100.